The molecule has 0 saturated carbocycles. The Bertz CT molecular complexity index is 392. The molecule has 0 heterocycles. The third-order valence-corrected chi connectivity index (χ3v) is 3.78. The first-order chi connectivity index (χ1) is 7.00. The molecule has 1 aromatic rings. The van der Waals surface area contributed by atoms with Crippen LogP contribution in [0.25, 0.3) is 0 Å². The molecule has 0 aliphatic heterocycles. The summed E-state index contributed by atoms with van der Waals surface area (Å²) in [6.07, 6.45) is 0. The quantitative estimate of drug-likeness (QED) is 0.885. The number of carbonyl (C=O) groups is 1. The number of hydrogen-bond donors (Lipinski definition) is 1. The molecule has 0 bridgehead atoms. The Labute approximate surface area is 95.5 Å². The van der Waals surface area contributed by atoms with Crippen molar-refractivity contribution in [2.24, 2.45) is 0 Å². The lowest BCUT2D eigenvalue weighted by molar-refractivity contribution is -0.136. The molecule has 15 heavy (non-hydrogen) atoms. The van der Waals surface area contributed by atoms with E-state index in [0.29, 0.717) is 5.02 Å². The second kappa shape index (κ2) is 5.28. The molecular weight excluding hydrogens is 236 g/mol. The van der Waals surface area contributed by atoms with Crippen LogP contribution in [-0.4, -0.2) is 20.5 Å². The van der Waals surface area contributed by atoms with Crippen molar-refractivity contribution in [1.82, 2.24) is 0 Å². The van der Waals surface area contributed by atoms with Gasteiger partial charge in [-0.15, -0.1) is 0 Å². The molecule has 0 fully saturated rings. The number of halogens is 1. The Morgan fingerprint density at radius 3 is 2.80 bits per heavy atom. The summed E-state index contributed by atoms with van der Waals surface area (Å²) < 4.78 is 11.6. The molecule has 0 radical (unpaired) electrons. The van der Waals surface area contributed by atoms with Crippen LogP contribution in [0, 0.1) is 0 Å². The summed E-state index contributed by atoms with van der Waals surface area (Å²) in [5.74, 6) is -0.830. The lowest BCUT2D eigenvalue weighted by Gasteiger charge is -2.06. The first-order valence-electron chi connectivity index (χ1n) is 4.35. The number of carboxylic acid groups (broad SMARTS) is 1. The Balaban J connectivity index is 2.70. The van der Waals surface area contributed by atoms with E-state index in [4.69, 9.17) is 16.7 Å². The number of benzene rings is 1. The highest BCUT2D eigenvalue weighted by atomic mass is 35.5. The number of aliphatic carboxylic acids is 1. The SMILES string of the molecule is CC(C(=O)O)S(=O)Cc1cccc(Cl)c1. The third kappa shape index (κ3) is 3.64. The monoisotopic (exact) mass is 246 g/mol. The average molecular weight is 247 g/mol. The molecule has 2 unspecified atom stereocenters. The van der Waals surface area contributed by atoms with Crippen LogP contribution < -0.4 is 0 Å². The molecule has 0 amide bonds. The van der Waals surface area contributed by atoms with E-state index in [1.807, 2.05) is 0 Å². The molecular formula is C10H11ClO3S. The highest BCUT2D eigenvalue weighted by Crippen LogP contribution is 2.13. The van der Waals surface area contributed by atoms with Gasteiger partial charge in [0.05, 0.1) is 0 Å². The third-order valence-electron chi connectivity index (χ3n) is 1.94. The van der Waals surface area contributed by atoms with E-state index in [1.54, 1.807) is 24.3 Å². The molecule has 1 rings (SSSR count). The highest BCUT2D eigenvalue weighted by Gasteiger charge is 2.18. The van der Waals surface area contributed by atoms with Crippen molar-refractivity contribution < 1.29 is 14.1 Å². The Morgan fingerprint density at radius 2 is 2.27 bits per heavy atom. The normalized spacial score (nSPS) is 14.5. The molecule has 0 aliphatic carbocycles. The Kier molecular flexibility index (Phi) is 4.29. The maximum absolute atomic E-state index is 11.6. The van der Waals surface area contributed by atoms with Gasteiger partial charge in [0.15, 0.2) is 0 Å². The largest absolute Gasteiger partial charge is 0.480 e. The second-order valence-corrected chi connectivity index (χ2v) is 5.33. The van der Waals surface area contributed by atoms with Crippen molar-refractivity contribution in [3.63, 3.8) is 0 Å². The van der Waals surface area contributed by atoms with Crippen molar-refractivity contribution in [2.45, 2.75) is 17.9 Å². The van der Waals surface area contributed by atoms with Crippen LogP contribution in [0.15, 0.2) is 24.3 Å². The fourth-order valence-electron chi connectivity index (χ4n) is 1.03. The zero-order valence-corrected chi connectivity index (χ0v) is 9.72. The summed E-state index contributed by atoms with van der Waals surface area (Å²) in [6, 6.07) is 6.93. The maximum atomic E-state index is 11.6. The molecule has 0 spiro atoms. The van der Waals surface area contributed by atoms with Gasteiger partial charge in [-0.2, -0.15) is 0 Å². The minimum Gasteiger partial charge on any atom is -0.480 e. The summed E-state index contributed by atoms with van der Waals surface area (Å²) in [4.78, 5) is 10.6. The van der Waals surface area contributed by atoms with E-state index in [0.717, 1.165) is 5.56 Å². The fourth-order valence-corrected chi connectivity index (χ4v) is 2.22. The molecule has 2 atom stereocenters. The minimum absolute atomic E-state index is 0.216. The number of rotatable bonds is 4. The highest BCUT2D eigenvalue weighted by molar-refractivity contribution is 7.85. The minimum atomic E-state index is -1.41. The van der Waals surface area contributed by atoms with Crippen LogP contribution >= 0.6 is 11.6 Å². The predicted molar refractivity (Wildman–Crippen MR) is 60.4 cm³/mol. The van der Waals surface area contributed by atoms with E-state index >= 15 is 0 Å². The van der Waals surface area contributed by atoms with Crippen LogP contribution in [0.3, 0.4) is 0 Å². The zero-order valence-electron chi connectivity index (χ0n) is 8.14. The average Bonchev–Trinajstić information content (AvgIpc) is 2.16. The van der Waals surface area contributed by atoms with E-state index < -0.39 is 22.0 Å². The number of hydrogen-bond acceptors (Lipinski definition) is 2. The van der Waals surface area contributed by atoms with Crippen LogP contribution in [0.1, 0.15) is 12.5 Å². The van der Waals surface area contributed by atoms with Gasteiger partial charge >= 0.3 is 5.97 Å². The Morgan fingerprint density at radius 1 is 1.60 bits per heavy atom. The van der Waals surface area contributed by atoms with Gasteiger partial charge in [-0.1, -0.05) is 23.7 Å². The summed E-state index contributed by atoms with van der Waals surface area (Å²) >= 11 is 5.76. The van der Waals surface area contributed by atoms with Crippen molar-refractivity contribution in [2.75, 3.05) is 0 Å². The summed E-state index contributed by atoms with van der Waals surface area (Å²) in [5.41, 5.74) is 0.786. The van der Waals surface area contributed by atoms with Crippen LogP contribution in [0.5, 0.6) is 0 Å². The summed E-state index contributed by atoms with van der Waals surface area (Å²) in [5, 5.41) is 8.37. The van der Waals surface area contributed by atoms with E-state index in [1.165, 1.54) is 6.92 Å². The van der Waals surface area contributed by atoms with Gasteiger partial charge in [0, 0.05) is 21.6 Å². The topological polar surface area (TPSA) is 54.4 Å². The lowest BCUT2D eigenvalue weighted by atomic mass is 10.2. The van der Waals surface area contributed by atoms with Crippen molar-refractivity contribution in [1.29, 1.82) is 0 Å². The van der Waals surface area contributed by atoms with E-state index in [9.17, 15) is 9.00 Å². The van der Waals surface area contributed by atoms with Gasteiger partial charge in [-0.25, -0.2) is 0 Å². The van der Waals surface area contributed by atoms with Crippen LogP contribution in [-0.2, 0) is 21.3 Å². The molecule has 5 heteroatoms. The molecule has 1 aromatic carbocycles. The molecule has 1 N–H and O–H groups in total. The van der Waals surface area contributed by atoms with Crippen molar-refractivity contribution >= 4 is 28.4 Å². The summed E-state index contributed by atoms with van der Waals surface area (Å²) in [7, 11) is -1.41. The second-order valence-electron chi connectivity index (χ2n) is 3.14. The molecule has 3 nitrogen and oxygen atoms in total. The fraction of sp³-hybridized carbons (Fsp3) is 0.300. The van der Waals surface area contributed by atoms with Gasteiger partial charge in [-0.3, -0.25) is 9.00 Å². The standard InChI is InChI=1S/C10H11ClO3S/c1-7(10(12)13)15(14)6-8-3-2-4-9(11)5-8/h2-5,7H,6H2,1H3,(H,12,13). The first kappa shape index (κ1) is 12.2. The lowest BCUT2D eigenvalue weighted by Crippen LogP contribution is -2.22. The van der Waals surface area contributed by atoms with Gasteiger partial charge in [0.25, 0.3) is 0 Å². The Hall–Kier alpha value is -0.870. The zero-order chi connectivity index (χ0) is 11.4. The van der Waals surface area contributed by atoms with Crippen LogP contribution in [0.2, 0.25) is 5.02 Å². The molecule has 0 saturated heterocycles. The van der Waals surface area contributed by atoms with Gasteiger partial charge in [0.1, 0.15) is 5.25 Å². The number of carboxylic acids is 1. The maximum Gasteiger partial charge on any atom is 0.318 e. The predicted octanol–water partition coefficient (Wildman–Crippen LogP) is 2.06. The first-order valence-corrected chi connectivity index (χ1v) is 6.11. The van der Waals surface area contributed by atoms with Gasteiger partial charge in [0.2, 0.25) is 0 Å². The van der Waals surface area contributed by atoms with Crippen molar-refractivity contribution in [3.05, 3.63) is 34.9 Å². The van der Waals surface area contributed by atoms with E-state index in [2.05, 4.69) is 0 Å². The van der Waals surface area contributed by atoms with Crippen molar-refractivity contribution in [3.8, 4) is 0 Å². The van der Waals surface area contributed by atoms with Gasteiger partial charge < -0.3 is 5.11 Å². The molecule has 0 aromatic heterocycles. The summed E-state index contributed by atoms with van der Waals surface area (Å²) in [6.45, 7) is 1.43. The molecule has 82 valence electrons. The molecule has 0 aliphatic rings. The van der Waals surface area contributed by atoms with Gasteiger partial charge in [-0.05, 0) is 24.6 Å². The smallest absolute Gasteiger partial charge is 0.318 e. The van der Waals surface area contributed by atoms with Crippen LogP contribution in [0.4, 0.5) is 0 Å². The van der Waals surface area contributed by atoms with E-state index in [-0.39, 0.29) is 5.75 Å².